The number of fused-ring (bicyclic) bond motifs is 1. The topological polar surface area (TPSA) is 152 Å². The van der Waals surface area contributed by atoms with Crippen LogP contribution in [0.1, 0.15) is 63.5 Å². The van der Waals surface area contributed by atoms with Crippen LogP contribution in [0.25, 0.3) is 11.2 Å². The first-order valence-corrected chi connectivity index (χ1v) is 12.2. The van der Waals surface area contributed by atoms with Gasteiger partial charge in [-0.3, -0.25) is 14.2 Å². The molecule has 1 fully saturated rings. The Bertz CT molecular complexity index is 1410. The predicted octanol–water partition coefficient (Wildman–Crippen LogP) is 3.04. The highest BCUT2D eigenvalue weighted by Gasteiger charge is 2.47. The molecular formula is C26H32FN5O6. The van der Waals surface area contributed by atoms with Crippen LogP contribution in [-0.4, -0.2) is 54.9 Å². The average molecular weight is 530 g/mol. The third kappa shape index (κ3) is 5.32. The first kappa shape index (κ1) is 27.4. The molecule has 0 aliphatic carbocycles. The second-order valence-electron chi connectivity index (χ2n) is 10.6. The first-order chi connectivity index (χ1) is 17.7. The molecule has 12 heteroatoms. The highest BCUT2D eigenvalue weighted by Crippen LogP contribution is 2.40. The molecule has 3 heterocycles. The summed E-state index contributed by atoms with van der Waals surface area (Å²) in [7, 11) is 0. The number of benzene rings is 1. The maximum Gasteiger partial charge on any atom is 0.312 e. The van der Waals surface area contributed by atoms with Crippen LogP contribution in [0.3, 0.4) is 0 Å². The van der Waals surface area contributed by atoms with E-state index in [2.05, 4.69) is 15.0 Å². The molecule has 4 rings (SSSR count). The number of rotatable bonds is 7. The zero-order valence-corrected chi connectivity index (χ0v) is 22.2. The number of esters is 2. The first-order valence-electron chi connectivity index (χ1n) is 12.2. The second-order valence-corrected chi connectivity index (χ2v) is 10.6. The number of nitrogens with two attached hydrogens (primary N) is 1. The zero-order valence-electron chi connectivity index (χ0n) is 22.2. The van der Waals surface area contributed by atoms with E-state index in [-0.39, 0.29) is 36.4 Å². The van der Waals surface area contributed by atoms with Crippen LogP contribution in [0.5, 0.6) is 5.75 Å². The SMILES string of the molecule is CC(=O)Oc1cc(C)cc(C)c1C(C)(C)CC(=O)OC[C@@]1(C)O[C@@H](n2cnc3c(N)nc(F)nc32)C[C@@H]1O. The summed E-state index contributed by atoms with van der Waals surface area (Å²) in [5.41, 5.74) is 6.67. The van der Waals surface area contributed by atoms with Crippen LogP contribution in [-0.2, 0) is 24.5 Å². The van der Waals surface area contributed by atoms with E-state index in [9.17, 15) is 19.1 Å². The number of aliphatic hydroxyl groups excluding tert-OH is 1. The lowest BCUT2D eigenvalue weighted by atomic mass is 9.78. The van der Waals surface area contributed by atoms with Gasteiger partial charge in [0.05, 0.1) is 18.9 Å². The molecule has 1 aliphatic rings. The van der Waals surface area contributed by atoms with Crippen LogP contribution in [0, 0.1) is 19.9 Å². The minimum atomic E-state index is -1.24. The lowest BCUT2D eigenvalue weighted by Crippen LogP contribution is -2.42. The third-order valence-electron chi connectivity index (χ3n) is 6.75. The Labute approximate surface area is 219 Å². The molecule has 0 saturated carbocycles. The van der Waals surface area contributed by atoms with Crippen molar-refractivity contribution in [1.82, 2.24) is 19.5 Å². The molecule has 0 spiro atoms. The van der Waals surface area contributed by atoms with Gasteiger partial charge < -0.3 is 25.1 Å². The number of hydrogen-bond donors (Lipinski definition) is 2. The fraction of sp³-hybridized carbons (Fsp3) is 0.500. The van der Waals surface area contributed by atoms with E-state index < -0.39 is 41.4 Å². The van der Waals surface area contributed by atoms with E-state index in [0.717, 1.165) is 16.7 Å². The summed E-state index contributed by atoms with van der Waals surface area (Å²) in [5.74, 6) is -0.665. The lowest BCUT2D eigenvalue weighted by Gasteiger charge is -2.30. The number of carbonyl (C=O) groups is 2. The molecule has 11 nitrogen and oxygen atoms in total. The van der Waals surface area contributed by atoms with Gasteiger partial charge in [-0.1, -0.05) is 19.9 Å². The molecule has 0 radical (unpaired) electrons. The smallest absolute Gasteiger partial charge is 0.312 e. The summed E-state index contributed by atoms with van der Waals surface area (Å²) in [6.45, 7) is 10.3. The van der Waals surface area contributed by atoms with Crippen molar-refractivity contribution in [3.8, 4) is 5.75 Å². The summed E-state index contributed by atoms with van der Waals surface area (Å²) in [6, 6.07) is 3.73. The molecule has 0 bridgehead atoms. The average Bonchev–Trinajstić information content (AvgIpc) is 3.32. The third-order valence-corrected chi connectivity index (χ3v) is 6.75. The minimum Gasteiger partial charge on any atom is -0.462 e. The molecule has 204 valence electrons. The quantitative estimate of drug-likeness (QED) is 0.265. The Kier molecular flexibility index (Phi) is 7.15. The highest BCUT2D eigenvalue weighted by atomic mass is 19.1. The van der Waals surface area contributed by atoms with E-state index in [1.165, 1.54) is 17.8 Å². The van der Waals surface area contributed by atoms with Crippen molar-refractivity contribution >= 4 is 28.9 Å². The molecule has 1 aromatic carbocycles. The standard InChI is InChI=1S/C26H32FN5O6/c1-13-7-14(2)20(16(8-13)37-15(3)33)25(4,5)10-19(35)36-11-26(6)17(34)9-18(38-26)32-12-29-21-22(28)30-24(27)31-23(21)32/h7-8,12,17-18,34H,9-11H2,1-6H3,(H2,28,30,31)/t17-,18+,26+/m0/s1. The van der Waals surface area contributed by atoms with E-state index >= 15 is 0 Å². The number of aliphatic hydroxyl groups is 1. The molecule has 1 saturated heterocycles. The normalized spacial score (nSPS) is 21.6. The van der Waals surface area contributed by atoms with Gasteiger partial charge in [0.2, 0.25) is 0 Å². The van der Waals surface area contributed by atoms with Crippen LogP contribution in [0.2, 0.25) is 0 Å². The monoisotopic (exact) mass is 529 g/mol. The lowest BCUT2D eigenvalue weighted by molar-refractivity contribution is -0.163. The number of nitrogen functional groups attached to an aromatic ring is 1. The van der Waals surface area contributed by atoms with Gasteiger partial charge in [0.1, 0.15) is 24.2 Å². The maximum absolute atomic E-state index is 13.8. The molecule has 0 unspecified atom stereocenters. The Hall–Kier alpha value is -3.64. The fourth-order valence-electron chi connectivity index (χ4n) is 5.06. The maximum atomic E-state index is 13.8. The molecule has 0 amide bonds. The number of halogens is 1. The van der Waals surface area contributed by atoms with Crippen LogP contribution in [0.15, 0.2) is 18.5 Å². The van der Waals surface area contributed by atoms with Crippen molar-refractivity contribution in [3.05, 3.63) is 41.2 Å². The molecule has 3 N–H and O–H groups in total. The summed E-state index contributed by atoms with van der Waals surface area (Å²) < 4.78 is 32.3. The zero-order chi connectivity index (χ0) is 28.0. The van der Waals surface area contributed by atoms with Gasteiger partial charge in [0.25, 0.3) is 0 Å². The largest absolute Gasteiger partial charge is 0.462 e. The molecule has 3 atom stereocenters. The van der Waals surface area contributed by atoms with Gasteiger partial charge in [0, 0.05) is 24.3 Å². The van der Waals surface area contributed by atoms with E-state index in [1.54, 1.807) is 13.0 Å². The molecule has 1 aliphatic heterocycles. The van der Waals surface area contributed by atoms with E-state index in [4.69, 9.17) is 19.9 Å². The van der Waals surface area contributed by atoms with Crippen molar-refractivity contribution in [2.24, 2.45) is 0 Å². The van der Waals surface area contributed by atoms with Crippen molar-refractivity contribution < 1.29 is 33.3 Å². The number of imidazole rings is 1. The van der Waals surface area contributed by atoms with Crippen LogP contribution < -0.4 is 10.5 Å². The fourth-order valence-corrected chi connectivity index (χ4v) is 5.06. The van der Waals surface area contributed by atoms with Gasteiger partial charge in [-0.2, -0.15) is 14.4 Å². The second kappa shape index (κ2) is 9.91. The summed E-state index contributed by atoms with van der Waals surface area (Å²) >= 11 is 0. The number of aryl methyl sites for hydroxylation is 2. The molecule has 3 aromatic rings. The summed E-state index contributed by atoms with van der Waals surface area (Å²) in [6.07, 6.45) is -1.24. The Morgan fingerprint density at radius 1 is 1.32 bits per heavy atom. The van der Waals surface area contributed by atoms with Gasteiger partial charge in [-0.25, -0.2) is 4.98 Å². The van der Waals surface area contributed by atoms with Crippen molar-refractivity contribution in [3.63, 3.8) is 0 Å². The van der Waals surface area contributed by atoms with Crippen molar-refractivity contribution in [2.45, 2.75) is 77.7 Å². The Balaban J connectivity index is 1.47. The van der Waals surface area contributed by atoms with Crippen molar-refractivity contribution in [2.75, 3.05) is 12.3 Å². The number of ether oxygens (including phenoxy) is 3. The Morgan fingerprint density at radius 2 is 2.03 bits per heavy atom. The number of carbonyl (C=O) groups excluding carboxylic acids is 2. The summed E-state index contributed by atoms with van der Waals surface area (Å²) in [5, 5.41) is 10.8. The van der Waals surface area contributed by atoms with Crippen LogP contribution in [0.4, 0.5) is 10.2 Å². The van der Waals surface area contributed by atoms with E-state index in [0.29, 0.717) is 5.75 Å². The van der Waals surface area contributed by atoms with E-state index in [1.807, 2.05) is 33.8 Å². The van der Waals surface area contributed by atoms with Crippen LogP contribution >= 0.6 is 0 Å². The number of aromatic nitrogens is 4. The summed E-state index contributed by atoms with van der Waals surface area (Å²) in [4.78, 5) is 36.0. The number of nitrogens with zero attached hydrogens (tertiary/aromatic N) is 4. The molecule has 38 heavy (non-hydrogen) atoms. The number of hydrogen-bond acceptors (Lipinski definition) is 10. The van der Waals surface area contributed by atoms with Gasteiger partial charge >= 0.3 is 18.0 Å². The highest BCUT2D eigenvalue weighted by molar-refractivity contribution is 5.81. The molecule has 2 aromatic heterocycles. The van der Waals surface area contributed by atoms with Gasteiger partial charge in [0.15, 0.2) is 17.0 Å². The van der Waals surface area contributed by atoms with Gasteiger partial charge in [-0.05, 0) is 38.0 Å². The Morgan fingerprint density at radius 3 is 2.71 bits per heavy atom. The van der Waals surface area contributed by atoms with Gasteiger partial charge in [-0.15, -0.1) is 0 Å². The number of anilines is 1. The van der Waals surface area contributed by atoms with Crippen molar-refractivity contribution in [1.29, 1.82) is 0 Å². The minimum absolute atomic E-state index is 0.0115. The predicted molar refractivity (Wildman–Crippen MR) is 135 cm³/mol. The molecular weight excluding hydrogens is 497 g/mol.